The van der Waals surface area contributed by atoms with E-state index in [4.69, 9.17) is 0 Å². The molecule has 0 bridgehead atoms. The molecule has 1 amide bonds. The van der Waals surface area contributed by atoms with Crippen molar-refractivity contribution in [2.45, 2.75) is 0 Å². The van der Waals surface area contributed by atoms with Crippen LogP contribution in [0.1, 0.15) is 10.5 Å². The van der Waals surface area contributed by atoms with Gasteiger partial charge in [-0.3, -0.25) is 18.7 Å². The fourth-order valence-corrected chi connectivity index (χ4v) is 2.56. The van der Waals surface area contributed by atoms with E-state index in [1.807, 2.05) is 0 Å². The van der Waals surface area contributed by atoms with Crippen LogP contribution < -0.4 is 16.6 Å². The summed E-state index contributed by atoms with van der Waals surface area (Å²) in [6, 6.07) is 14.1. The molecule has 7 heteroatoms. The molecule has 3 rings (SSSR count). The van der Waals surface area contributed by atoms with E-state index in [-0.39, 0.29) is 11.5 Å². The summed E-state index contributed by atoms with van der Waals surface area (Å²) in [5.41, 5.74) is 0.833. The van der Waals surface area contributed by atoms with Crippen LogP contribution in [-0.4, -0.2) is 15.0 Å². The van der Waals surface area contributed by atoms with Crippen LogP contribution in [0, 0.1) is 5.82 Å². The monoisotopic (exact) mass is 353 g/mol. The Bertz CT molecular complexity index is 1100. The zero-order valence-electron chi connectivity index (χ0n) is 14.2. The van der Waals surface area contributed by atoms with Gasteiger partial charge >= 0.3 is 5.69 Å². The zero-order valence-corrected chi connectivity index (χ0v) is 14.2. The largest absolute Gasteiger partial charge is 0.331 e. The molecule has 1 heterocycles. The minimum absolute atomic E-state index is 0.0349. The molecular weight excluding hydrogens is 337 g/mol. The molecule has 132 valence electrons. The number of carbonyl (C=O) groups excluding carboxylic acids is 1. The Morgan fingerprint density at radius 2 is 1.62 bits per heavy atom. The molecule has 26 heavy (non-hydrogen) atoms. The van der Waals surface area contributed by atoms with Crippen molar-refractivity contribution in [1.29, 1.82) is 0 Å². The minimum atomic E-state index is -0.580. The van der Waals surface area contributed by atoms with E-state index in [1.54, 1.807) is 36.4 Å². The summed E-state index contributed by atoms with van der Waals surface area (Å²) in [4.78, 5) is 36.0. The van der Waals surface area contributed by atoms with Gasteiger partial charge < -0.3 is 5.32 Å². The van der Waals surface area contributed by atoms with Gasteiger partial charge in [0, 0.05) is 25.8 Å². The lowest BCUT2D eigenvalue weighted by Gasteiger charge is -2.10. The number of hydrogen-bond donors (Lipinski definition) is 1. The van der Waals surface area contributed by atoms with E-state index in [2.05, 4.69) is 5.32 Å². The lowest BCUT2D eigenvalue weighted by Crippen LogP contribution is -2.40. The van der Waals surface area contributed by atoms with Gasteiger partial charge in [0.15, 0.2) is 0 Å². The Balaban J connectivity index is 1.85. The van der Waals surface area contributed by atoms with Crippen molar-refractivity contribution in [3.63, 3.8) is 0 Å². The van der Waals surface area contributed by atoms with Gasteiger partial charge in [0.2, 0.25) is 0 Å². The topological polar surface area (TPSA) is 73.1 Å². The Morgan fingerprint density at radius 1 is 0.923 bits per heavy atom. The summed E-state index contributed by atoms with van der Waals surface area (Å²) in [6.07, 6.45) is 0. The Labute approximate surface area is 148 Å². The normalized spacial score (nSPS) is 10.6. The van der Waals surface area contributed by atoms with Crippen molar-refractivity contribution in [2.75, 3.05) is 5.32 Å². The molecule has 1 aromatic heterocycles. The molecule has 0 saturated heterocycles. The summed E-state index contributed by atoms with van der Waals surface area (Å²) in [6.45, 7) is 0. The summed E-state index contributed by atoms with van der Waals surface area (Å²) in [7, 11) is 2.77. The summed E-state index contributed by atoms with van der Waals surface area (Å²) in [5, 5.41) is 2.64. The smallest absolute Gasteiger partial charge is 0.321 e. The maximum atomic E-state index is 13.3. The highest BCUT2D eigenvalue weighted by molar-refractivity contribution is 6.03. The fraction of sp³-hybridized carbons (Fsp3) is 0.105. The highest BCUT2D eigenvalue weighted by Gasteiger charge is 2.14. The van der Waals surface area contributed by atoms with Crippen LogP contribution in [0.4, 0.5) is 10.1 Å². The first kappa shape index (κ1) is 17.3. The van der Waals surface area contributed by atoms with Crippen LogP contribution >= 0.6 is 0 Å². The predicted molar refractivity (Wildman–Crippen MR) is 96.7 cm³/mol. The lowest BCUT2D eigenvalue weighted by molar-refractivity contribution is 0.101. The second kappa shape index (κ2) is 6.79. The second-order valence-electron chi connectivity index (χ2n) is 5.81. The van der Waals surface area contributed by atoms with Crippen molar-refractivity contribution in [3.05, 3.63) is 86.9 Å². The third kappa shape index (κ3) is 3.32. The number of carbonyl (C=O) groups is 1. The molecule has 6 nitrogen and oxygen atoms in total. The van der Waals surface area contributed by atoms with Crippen molar-refractivity contribution in [2.24, 2.45) is 14.1 Å². The number of amides is 1. The molecule has 0 spiro atoms. The molecule has 0 aliphatic carbocycles. The molecule has 0 radical (unpaired) electrons. The third-order valence-corrected chi connectivity index (χ3v) is 4.06. The Hall–Kier alpha value is -3.48. The number of nitrogens with one attached hydrogen (secondary N) is 1. The molecule has 0 aliphatic rings. The quantitative estimate of drug-likeness (QED) is 0.784. The Morgan fingerprint density at radius 3 is 2.27 bits per heavy atom. The molecule has 0 atom stereocenters. The van der Waals surface area contributed by atoms with E-state index in [0.29, 0.717) is 5.69 Å². The van der Waals surface area contributed by atoms with Crippen molar-refractivity contribution in [3.8, 4) is 11.1 Å². The van der Waals surface area contributed by atoms with Crippen LogP contribution in [0.5, 0.6) is 0 Å². The molecule has 0 fully saturated rings. The summed E-state index contributed by atoms with van der Waals surface area (Å²) < 4.78 is 15.3. The maximum Gasteiger partial charge on any atom is 0.331 e. The van der Waals surface area contributed by atoms with Gasteiger partial charge in [0.05, 0.1) is 0 Å². The predicted octanol–water partition coefficient (Wildman–Crippen LogP) is 2.14. The van der Waals surface area contributed by atoms with E-state index >= 15 is 0 Å². The van der Waals surface area contributed by atoms with Gasteiger partial charge in [0.25, 0.3) is 11.5 Å². The number of benzene rings is 2. The lowest BCUT2D eigenvalue weighted by atomic mass is 10.1. The zero-order chi connectivity index (χ0) is 18.8. The first-order valence-corrected chi connectivity index (χ1v) is 7.81. The average molecular weight is 353 g/mol. The SMILES string of the molecule is Cn1c(C(=O)Nc2ccc(-c3cccc(F)c3)cc2)cc(=O)n(C)c1=O. The van der Waals surface area contributed by atoms with Crippen molar-refractivity contribution in [1.82, 2.24) is 9.13 Å². The van der Waals surface area contributed by atoms with Crippen LogP contribution in [-0.2, 0) is 14.1 Å². The van der Waals surface area contributed by atoms with Gasteiger partial charge in [-0.15, -0.1) is 0 Å². The summed E-state index contributed by atoms with van der Waals surface area (Å²) >= 11 is 0. The maximum absolute atomic E-state index is 13.3. The number of halogens is 1. The van der Waals surface area contributed by atoms with Gasteiger partial charge in [-0.25, -0.2) is 9.18 Å². The van der Waals surface area contributed by atoms with Gasteiger partial charge in [-0.05, 0) is 35.4 Å². The standard InChI is InChI=1S/C19H16FN3O3/c1-22-16(11-17(24)23(2)19(22)26)18(25)21-15-8-6-12(7-9-15)13-4-3-5-14(20)10-13/h3-11H,1-2H3,(H,21,25). The van der Waals surface area contributed by atoms with Gasteiger partial charge in [-0.1, -0.05) is 24.3 Å². The Kier molecular flexibility index (Phi) is 4.53. The molecule has 0 unspecified atom stereocenters. The van der Waals surface area contributed by atoms with E-state index in [9.17, 15) is 18.8 Å². The van der Waals surface area contributed by atoms with Gasteiger partial charge in [-0.2, -0.15) is 0 Å². The van der Waals surface area contributed by atoms with E-state index in [0.717, 1.165) is 26.3 Å². The molecule has 1 N–H and O–H groups in total. The van der Waals surface area contributed by atoms with Crippen molar-refractivity contribution < 1.29 is 9.18 Å². The van der Waals surface area contributed by atoms with E-state index < -0.39 is 17.2 Å². The molecule has 2 aromatic carbocycles. The molecule has 0 saturated carbocycles. The highest BCUT2D eigenvalue weighted by Crippen LogP contribution is 2.22. The number of aromatic nitrogens is 2. The third-order valence-electron chi connectivity index (χ3n) is 4.06. The van der Waals surface area contributed by atoms with Crippen molar-refractivity contribution >= 4 is 11.6 Å². The molecule has 3 aromatic rings. The van der Waals surface area contributed by atoms with Crippen LogP contribution in [0.2, 0.25) is 0 Å². The van der Waals surface area contributed by atoms with Gasteiger partial charge in [0.1, 0.15) is 11.5 Å². The summed E-state index contributed by atoms with van der Waals surface area (Å²) in [5.74, 6) is -0.896. The molecule has 0 aliphatic heterocycles. The first-order valence-electron chi connectivity index (χ1n) is 7.81. The average Bonchev–Trinajstić information content (AvgIpc) is 2.63. The number of nitrogens with zero attached hydrogens (tertiary/aromatic N) is 2. The number of rotatable bonds is 3. The van der Waals surface area contributed by atoms with Crippen LogP contribution in [0.25, 0.3) is 11.1 Å². The fourth-order valence-electron chi connectivity index (χ4n) is 2.56. The van der Waals surface area contributed by atoms with Crippen LogP contribution in [0.3, 0.4) is 0 Å². The minimum Gasteiger partial charge on any atom is -0.321 e. The van der Waals surface area contributed by atoms with Crippen LogP contribution in [0.15, 0.2) is 64.2 Å². The second-order valence-corrected chi connectivity index (χ2v) is 5.81. The number of hydrogen-bond acceptors (Lipinski definition) is 3. The van der Waals surface area contributed by atoms with E-state index in [1.165, 1.54) is 26.2 Å². The number of anilines is 1. The first-order chi connectivity index (χ1) is 12.4. The molecular formula is C19H16FN3O3. The highest BCUT2D eigenvalue weighted by atomic mass is 19.1.